The van der Waals surface area contributed by atoms with Gasteiger partial charge in [0.2, 0.25) is 0 Å². The summed E-state index contributed by atoms with van der Waals surface area (Å²) < 4.78 is 1.81. The molecule has 4 rings (SSSR count). The molecule has 4 N–H and O–H groups in total. The lowest BCUT2D eigenvalue weighted by Crippen LogP contribution is -2.56. The highest BCUT2D eigenvalue weighted by Gasteiger charge is 2.38. The SMILES string of the molecule is CCC1(c2ccccc2)CCN(c2cc(C)n(CCNCC3(N)CCN(C(=O)O)CC3)c(=O)c2)C1. The first-order valence-electron chi connectivity index (χ1n) is 12.7. The fourth-order valence-electron chi connectivity index (χ4n) is 5.64. The molecule has 1 unspecified atom stereocenters. The molecule has 0 aliphatic carbocycles. The van der Waals surface area contributed by atoms with Crippen molar-refractivity contribution in [3.05, 3.63) is 64.1 Å². The van der Waals surface area contributed by atoms with Gasteiger partial charge in [-0.1, -0.05) is 37.3 Å². The van der Waals surface area contributed by atoms with Gasteiger partial charge in [0, 0.05) is 74.2 Å². The first-order valence-corrected chi connectivity index (χ1v) is 12.7. The number of rotatable bonds is 8. The zero-order valence-corrected chi connectivity index (χ0v) is 21.0. The Labute approximate surface area is 207 Å². The van der Waals surface area contributed by atoms with Crippen LogP contribution in [0, 0.1) is 6.92 Å². The van der Waals surface area contributed by atoms with Crippen LogP contribution in [0.15, 0.2) is 47.3 Å². The van der Waals surface area contributed by atoms with E-state index in [1.54, 1.807) is 6.07 Å². The Balaban J connectivity index is 1.34. The van der Waals surface area contributed by atoms with Gasteiger partial charge >= 0.3 is 6.09 Å². The van der Waals surface area contributed by atoms with Gasteiger partial charge in [0.25, 0.3) is 5.56 Å². The average Bonchev–Trinajstić information content (AvgIpc) is 3.30. The van der Waals surface area contributed by atoms with E-state index in [2.05, 4.69) is 53.5 Å². The number of carbonyl (C=O) groups is 1. The van der Waals surface area contributed by atoms with Gasteiger partial charge in [0.15, 0.2) is 0 Å². The second-order valence-electron chi connectivity index (χ2n) is 10.3. The number of nitrogens with two attached hydrogens (primary N) is 1. The Hall–Kier alpha value is -2.84. The smallest absolute Gasteiger partial charge is 0.407 e. The molecule has 3 heterocycles. The number of hydrogen-bond donors (Lipinski definition) is 3. The summed E-state index contributed by atoms with van der Waals surface area (Å²) in [5, 5.41) is 12.5. The van der Waals surface area contributed by atoms with E-state index in [9.17, 15) is 9.59 Å². The first-order chi connectivity index (χ1) is 16.8. The highest BCUT2D eigenvalue weighted by atomic mass is 16.4. The quantitative estimate of drug-likeness (QED) is 0.501. The summed E-state index contributed by atoms with van der Waals surface area (Å²) in [5.74, 6) is 0. The summed E-state index contributed by atoms with van der Waals surface area (Å²) in [7, 11) is 0. The van der Waals surface area contributed by atoms with E-state index in [0.29, 0.717) is 45.6 Å². The van der Waals surface area contributed by atoms with Crippen molar-refractivity contribution in [1.82, 2.24) is 14.8 Å². The number of benzene rings is 1. The molecule has 0 saturated carbocycles. The van der Waals surface area contributed by atoms with Gasteiger partial charge in [-0.3, -0.25) is 4.79 Å². The van der Waals surface area contributed by atoms with Crippen LogP contribution in [0.4, 0.5) is 10.5 Å². The summed E-state index contributed by atoms with van der Waals surface area (Å²) in [5.41, 5.74) is 9.56. The lowest BCUT2D eigenvalue weighted by atomic mass is 9.77. The summed E-state index contributed by atoms with van der Waals surface area (Å²) in [6.45, 7) is 8.88. The van der Waals surface area contributed by atoms with Crippen molar-refractivity contribution in [3.63, 3.8) is 0 Å². The molecule has 2 aromatic rings. The molecule has 2 aliphatic heterocycles. The molecule has 0 radical (unpaired) electrons. The lowest BCUT2D eigenvalue weighted by molar-refractivity contribution is 0.117. The number of nitrogens with zero attached hydrogens (tertiary/aromatic N) is 3. The number of pyridine rings is 1. The van der Waals surface area contributed by atoms with E-state index in [1.165, 1.54) is 10.5 Å². The number of carboxylic acid groups (broad SMARTS) is 1. The van der Waals surface area contributed by atoms with Crippen molar-refractivity contribution in [3.8, 4) is 0 Å². The summed E-state index contributed by atoms with van der Waals surface area (Å²) >= 11 is 0. The van der Waals surface area contributed by atoms with Gasteiger partial charge in [-0.25, -0.2) is 4.79 Å². The third kappa shape index (κ3) is 5.54. The first kappa shape index (κ1) is 25.3. The number of aryl methyl sites for hydroxylation is 1. The molecule has 1 aromatic heterocycles. The molecule has 1 aromatic carbocycles. The van der Waals surface area contributed by atoms with Gasteiger partial charge in [-0.05, 0) is 44.2 Å². The minimum atomic E-state index is -0.882. The van der Waals surface area contributed by atoms with Crippen molar-refractivity contribution >= 4 is 11.8 Å². The molecule has 2 fully saturated rings. The molecule has 0 spiro atoms. The fourth-order valence-corrected chi connectivity index (χ4v) is 5.64. The number of amides is 1. The summed E-state index contributed by atoms with van der Waals surface area (Å²) in [4.78, 5) is 27.9. The third-order valence-electron chi connectivity index (χ3n) is 8.12. The van der Waals surface area contributed by atoms with Crippen molar-refractivity contribution in [2.24, 2.45) is 5.73 Å². The monoisotopic (exact) mass is 481 g/mol. The topological polar surface area (TPSA) is 104 Å². The van der Waals surface area contributed by atoms with Crippen molar-refractivity contribution in [2.45, 2.75) is 57.0 Å². The number of anilines is 1. The van der Waals surface area contributed by atoms with Crippen LogP contribution >= 0.6 is 0 Å². The number of likely N-dealkylation sites (tertiary alicyclic amines) is 1. The Morgan fingerprint density at radius 2 is 1.83 bits per heavy atom. The van der Waals surface area contributed by atoms with E-state index >= 15 is 0 Å². The van der Waals surface area contributed by atoms with Crippen LogP contribution in [0.2, 0.25) is 0 Å². The van der Waals surface area contributed by atoms with Crippen LogP contribution < -0.4 is 21.5 Å². The van der Waals surface area contributed by atoms with Crippen LogP contribution in [0.5, 0.6) is 0 Å². The maximum absolute atomic E-state index is 13.0. The molecule has 8 heteroatoms. The Kier molecular flexibility index (Phi) is 7.52. The molecule has 1 atom stereocenters. The van der Waals surface area contributed by atoms with Gasteiger partial charge in [-0.2, -0.15) is 0 Å². The van der Waals surface area contributed by atoms with Gasteiger partial charge < -0.3 is 30.5 Å². The number of piperidine rings is 1. The molecule has 2 saturated heterocycles. The fraction of sp³-hybridized carbons (Fsp3) is 0.556. The minimum Gasteiger partial charge on any atom is -0.465 e. The van der Waals surface area contributed by atoms with Gasteiger partial charge in [0.1, 0.15) is 0 Å². The number of hydrogen-bond acceptors (Lipinski definition) is 5. The highest BCUT2D eigenvalue weighted by Crippen LogP contribution is 2.39. The van der Waals surface area contributed by atoms with Crippen molar-refractivity contribution in [2.75, 3.05) is 44.2 Å². The van der Waals surface area contributed by atoms with Crippen LogP contribution in [-0.4, -0.2) is 65.5 Å². The van der Waals surface area contributed by atoms with E-state index in [4.69, 9.17) is 10.8 Å². The standard InChI is InChI=1S/C27H39N5O3/c1-3-26(22-7-5-4-6-8-22)9-13-31(20-26)23-17-21(2)32(24(33)18-23)16-12-29-19-27(28)10-14-30(15-11-27)25(34)35/h4-8,17-18,29H,3,9-16,19-20,28H2,1-2H3,(H,34,35). The molecule has 0 bridgehead atoms. The normalized spacial score (nSPS) is 21.9. The zero-order valence-electron chi connectivity index (χ0n) is 21.0. The van der Waals surface area contributed by atoms with E-state index < -0.39 is 11.6 Å². The second kappa shape index (κ2) is 10.4. The van der Waals surface area contributed by atoms with Crippen molar-refractivity contribution < 1.29 is 9.90 Å². The maximum Gasteiger partial charge on any atom is 0.407 e. The van der Waals surface area contributed by atoms with Crippen LogP contribution in [-0.2, 0) is 12.0 Å². The van der Waals surface area contributed by atoms with Gasteiger partial charge in [-0.15, -0.1) is 0 Å². The molecule has 35 heavy (non-hydrogen) atoms. The Morgan fingerprint density at radius 1 is 1.11 bits per heavy atom. The molecule has 190 valence electrons. The van der Waals surface area contributed by atoms with E-state index in [1.807, 2.05) is 11.5 Å². The molecule has 8 nitrogen and oxygen atoms in total. The van der Waals surface area contributed by atoms with E-state index in [0.717, 1.165) is 37.3 Å². The Morgan fingerprint density at radius 3 is 2.46 bits per heavy atom. The zero-order chi connectivity index (χ0) is 25.1. The highest BCUT2D eigenvalue weighted by molar-refractivity contribution is 5.65. The van der Waals surface area contributed by atoms with Crippen LogP contribution in [0.1, 0.15) is 43.9 Å². The maximum atomic E-state index is 13.0. The molecule has 1 amide bonds. The minimum absolute atomic E-state index is 0.0211. The molecular weight excluding hydrogens is 442 g/mol. The average molecular weight is 482 g/mol. The number of nitrogens with one attached hydrogen (secondary N) is 1. The summed E-state index contributed by atoms with van der Waals surface area (Å²) in [6.07, 6.45) is 2.56. The van der Waals surface area contributed by atoms with Gasteiger partial charge in [0.05, 0.1) is 0 Å². The molecular formula is C27H39N5O3. The largest absolute Gasteiger partial charge is 0.465 e. The predicted octanol–water partition coefficient (Wildman–Crippen LogP) is 2.78. The predicted molar refractivity (Wildman–Crippen MR) is 139 cm³/mol. The van der Waals surface area contributed by atoms with Crippen LogP contribution in [0.3, 0.4) is 0 Å². The number of aromatic nitrogens is 1. The van der Waals surface area contributed by atoms with Crippen LogP contribution in [0.25, 0.3) is 0 Å². The third-order valence-corrected chi connectivity index (χ3v) is 8.12. The molecule has 2 aliphatic rings. The lowest BCUT2D eigenvalue weighted by Gasteiger charge is -2.38. The second-order valence-corrected chi connectivity index (χ2v) is 10.3. The van der Waals surface area contributed by atoms with E-state index in [-0.39, 0.29) is 11.0 Å². The van der Waals surface area contributed by atoms with Crippen molar-refractivity contribution in [1.29, 1.82) is 0 Å². The summed E-state index contributed by atoms with van der Waals surface area (Å²) in [6, 6.07) is 14.6. The Bertz CT molecular complexity index is 1080.